The summed E-state index contributed by atoms with van der Waals surface area (Å²) in [6.07, 6.45) is 3.32. The average molecular weight is 290 g/mol. The molecule has 2 rings (SSSR count). The Hall–Kier alpha value is -3.65. The number of aromatic nitrogens is 2. The Labute approximate surface area is 129 Å². The predicted octanol–water partition coefficient (Wildman–Crippen LogP) is 3.12. The van der Waals surface area contributed by atoms with E-state index in [0.717, 1.165) is 16.7 Å². The van der Waals surface area contributed by atoms with Crippen LogP contribution in [0.25, 0.3) is 21.5 Å². The summed E-state index contributed by atoms with van der Waals surface area (Å²) in [6, 6.07) is 5.48. The Bertz CT molecular complexity index is 792. The van der Waals surface area contributed by atoms with Crippen molar-refractivity contribution in [2.45, 2.75) is 13.8 Å². The van der Waals surface area contributed by atoms with Crippen molar-refractivity contribution in [1.29, 1.82) is 5.53 Å². The van der Waals surface area contributed by atoms with Crippen molar-refractivity contribution in [3.05, 3.63) is 41.0 Å². The van der Waals surface area contributed by atoms with Gasteiger partial charge in [0, 0.05) is 18.1 Å². The fraction of sp³-hybridized carbons (Fsp3) is 0.125. The van der Waals surface area contributed by atoms with E-state index in [9.17, 15) is 0 Å². The highest BCUT2D eigenvalue weighted by Crippen LogP contribution is 2.11. The molecule has 0 aliphatic carbocycles. The number of hydrogen-bond donors (Lipinski definition) is 2. The molecule has 0 aliphatic rings. The van der Waals surface area contributed by atoms with Crippen molar-refractivity contribution >= 4 is 16.7 Å². The maximum absolute atomic E-state index is 6.86. The quantitative estimate of drug-likeness (QED) is 0.255. The highest BCUT2D eigenvalue weighted by atomic mass is 15.0. The van der Waals surface area contributed by atoms with Crippen LogP contribution in [0, 0.1) is 41.1 Å². The second kappa shape index (κ2) is 12.4. The van der Waals surface area contributed by atoms with E-state index in [4.69, 9.17) is 16.8 Å². The third kappa shape index (κ3) is 8.45. The summed E-state index contributed by atoms with van der Waals surface area (Å²) in [7, 11) is 0. The van der Waals surface area contributed by atoms with Crippen LogP contribution in [0.1, 0.15) is 13.8 Å². The van der Waals surface area contributed by atoms with Crippen LogP contribution < -0.4 is 5.73 Å². The Morgan fingerprint density at radius 1 is 1.00 bits per heavy atom. The first-order chi connectivity index (χ1) is 10.7. The fourth-order valence-electron chi connectivity index (χ4n) is 1.17. The number of nitrogens with zero attached hydrogens (tertiary/aromatic N) is 4. The summed E-state index contributed by atoms with van der Waals surface area (Å²) in [6.45, 7) is 3.49. The molecule has 2 aromatic rings. The molecule has 0 aliphatic heterocycles. The summed E-state index contributed by atoms with van der Waals surface area (Å²) < 4.78 is 0. The summed E-state index contributed by atoms with van der Waals surface area (Å²) in [4.78, 5) is 9.95. The molecule has 6 heteroatoms. The Kier molecular flexibility index (Phi) is 10.3. The molecule has 3 N–H and O–H groups in total. The van der Waals surface area contributed by atoms with Gasteiger partial charge in [0.25, 0.3) is 0 Å². The summed E-state index contributed by atoms with van der Waals surface area (Å²) in [5, 5.41) is 0. The zero-order valence-electron chi connectivity index (χ0n) is 12.3. The van der Waals surface area contributed by atoms with Crippen molar-refractivity contribution in [3.8, 4) is 35.5 Å². The van der Waals surface area contributed by atoms with Crippen LogP contribution in [0.4, 0.5) is 5.69 Å². The molecule has 0 saturated carbocycles. The third-order valence-corrected chi connectivity index (χ3v) is 1.93. The number of nitrogen functional groups attached to an aromatic ring is 1. The smallest absolute Gasteiger partial charge is 0.0907 e. The van der Waals surface area contributed by atoms with E-state index < -0.39 is 0 Å². The van der Waals surface area contributed by atoms with Crippen LogP contribution in [0.5, 0.6) is 0 Å². The van der Waals surface area contributed by atoms with E-state index in [1.165, 1.54) is 0 Å². The van der Waals surface area contributed by atoms with Gasteiger partial charge in [0.2, 0.25) is 0 Å². The van der Waals surface area contributed by atoms with Crippen LogP contribution in [0.3, 0.4) is 0 Å². The zero-order valence-corrected chi connectivity index (χ0v) is 12.3. The molecule has 0 radical (unpaired) electrons. The lowest BCUT2D eigenvalue weighted by Gasteiger charge is -1.95. The molecule has 1 aromatic carbocycles. The number of anilines is 1. The molecule has 0 bridgehead atoms. The van der Waals surface area contributed by atoms with Gasteiger partial charge in [0.05, 0.1) is 11.0 Å². The molecule has 0 unspecified atom stereocenters. The SMILES string of the molecule is CC#CC#CC#CC.Nc1ccc2nccnc2c1.[N-]=[N+]=N. The lowest BCUT2D eigenvalue weighted by Crippen LogP contribution is -1.86. The molecular formula is C16H14N6. The number of benzene rings is 1. The molecule has 0 amide bonds. The monoisotopic (exact) mass is 290 g/mol. The van der Waals surface area contributed by atoms with Crippen molar-refractivity contribution in [2.75, 3.05) is 5.73 Å². The number of nitrogens with two attached hydrogens (primary N) is 1. The first-order valence-electron chi connectivity index (χ1n) is 6.00. The van der Waals surface area contributed by atoms with Gasteiger partial charge in [-0.15, -0.1) is 5.53 Å². The minimum Gasteiger partial charge on any atom is -0.399 e. The van der Waals surface area contributed by atoms with Crippen LogP contribution in [0.2, 0.25) is 0 Å². The molecule has 1 heterocycles. The molecule has 0 saturated heterocycles. The minimum atomic E-state index is 0.720. The summed E-state index contributed by atoms with van der Waals surface area (Å²) in [5.41, 5.74) is 20.2. The van der Waals surface area contributed by atoms with Crippen molar-refractivity contribution < 1.29 is 0 Å². The van der Waals surface area contributed by atoms with E-state index in [1.807, 2.05) is 18.2 Å². The second-order valence-corrected chi connectivity index (χ2v) is 3.40. The third-order valence-electron chi connectivity index (χ3n) is 1.93. The van der Waals surface area contributed by atoms with Gasteiger partial charge in [-0.2, -0.15) is 0 Å². The molecule has 22 heavy (non-hydrogen) atoms. The van der Waals surface area contributed by atoms with Gasteiger partial charge in [-0.05, 0) is 66.2 Å². The minimum absolute atomic E-state index is 0.720. The number of rotatable bonds is 0. The van der Waals surface area contributed by atoms with Gasteiger partial charge in [-0.1, -0.05) is 11.8 Å². The first-order valence-corrected chi connectivity index (χ1v) is 6.00. The predicted molar refractivity (Wildman–Crippen MR) is 88.1 cm³/mol. The second-order valence-electron chi connectivity index (χ2n) is 3.40. The summed E-state index contributed by atoms with van der Waals surface area (Å²) >= 11 is 0. The molecule has 0 atom stereocenters. The normalized spacial score (nSPS) is 6.82. The van der Waals surface area contributed by atoms with Gasteiger partial charge in [-0.3, -0.25) is 9.97 Å². The van der Waals surface area contributed by atoms with E-state index >= 15 is 0 Å². The largest absolute Gasteiger partial charge is 0.399 e. The van der Waals surface area contributed by atoms with Crippen LogP contribution in [-0.4, -0.2) is 9.97 Å². The van der Waals surface area contributed by atoms with Gasteiger partial charge in [0.1, 0.15) is 0 Å². The maximum atomic E-state index is 6.86. The standard InChI is InChI=1S/C8H7N3.C8H6.HN3/c9-6-1-2-7-8(5-6)11-4-3-10-7;1-3-5-7-8-6-4-2;1-3-2/h1-5H,9H2;1-2H3;1H. The molecule has 1 aromatic heterocycles. The van der Waals surface area contributed by atoms with E-state index in [-0.39, 0.29) is 0 Å². The first kappa shape index (κ1) is 18.4. The maximum Gasteiger partial charge on any atom is 0.0907 e. The van der Waals surface area contributed by atoms with E-state index in [0.29, 0.717) is 0 Å². The highest BCUT2D eigenvalue weighted by Gasteiger charge is 1.92. The van der Waals surface area contributed by atoms with Crippen molar-refractivity contribution in [1.82, 2.24) is 9.97 Å². The molecule has 108 valence electrons. The number of fused-ring (bicyclic) bond motifs is 1. The van der Waals surface area contributed by atoms with Gasteiger partial charge < -0.3 is 5.73 Å². The summed E-state index contributed by atoms with van der Waals surface area (Å²) in [5.74, 6) is 15.5. The van der Waals surface area contributed by atoms with Crippen molar-refractivity contribution in [3.63, 3.8) is 0 Å². The topological polar surface area (TPSA) is 112 Å². The Morgan fingerprint density at radius 3 is 2.00 bits per heavy atom. The Balaban J connectivity index is 0.000000356. The van der Waals surface area contributed by atoms with Crippen LogP contribution in [0.15, 0.2) is 30.6 Å². The van der Waals surface area contributed by atoms with Gasteiger partial charge in [0.15, 0.2) is 0 Å². The molecule has 0 spiro atoms. The molecular weight excluding hydrogens is 276 g/mol. The average Bonchev–Trinajstić information content (AvgIpc) is 2.53. The van der Waals surface area contributed by atoms with Gasteiger partial charge in [-0.25, -0.2) is 0 Å². The fourth-order valence-corrected chi connectivity index (χ4v) is 1.17. The van der Waals surface area contributed by atoms with Gasteiger partial charge >= 0.3 is 0 Å². The van der Waals surface area contributed by atoms with Crippen molar-refractivity contribution in [2.24, 2.45) is 0 Å². The lowest BCUT2D eigenvalue weighted by atomic mass is 10.3. The molecule has 6 nitrogen and oxygen atoms in total. The van der Waals surface area contributed by atoms with Crippen LogP contribution >= 0.6 is 0 Å². The van der Waals surface area contributed by atoms with E-state index in [2.05, 4.69) is 45.5 Å². The highest BCUT2D eigenvalue weighted by molar-refractivity contribution is 5.77. The lowest BCUT2D eigenvalue weighted by molar-refractivity contribution is 1.29. The number of hydrogen-bond acceptors (Lipinski definition) is 4. The van der Waals surface area contributed by atoms with E-state index in [1.54, 1.807) is 31.2 Å². The molecule has 0 fully saturated rings. The van der Waals surface area contributed by atoms with Crippen LogP contribution in [-0.2, 0) is 0 Å². The number of nitrogens with one attached hydrogen (secondary N) is 1. The zero-order chi connectivity index (χ0) is 16.6. The Morgan fingerprint density at radius 2 is 1.50 bits per heavy atom.